The van der Waals surface area contributed by atoms with Crippen molar-refractivity contribution in [2.24, 2.45) is 0 Å². The normalized spacial score (nSPS) is 10.4. The molecule has 0 amide bonds. The molecule has 0 aromatic rings. The van der Waals surface area contributed by atoms with E-state index in [4.69, 9.17) is 5.26 Å². The van der Waals surface area contributed by atoms with Gasteiger partial charge in [0.1, 0.15) is 6.07 Å². The van der Waals surface area contributed by atoms with E-state index in [0.717, 1.165) is 0 Å². The smallest absolute Gasteiger partial charge is 0.289 e. The summed E-state index contributed by atoms with van der Waals surface area (Å²) in [5.74, 6) is -6.15. The topological polar surface area (TPSA) is 40.9 Å². The summed E-state index contributed by atoms with van der Waals surface area (Å²) >= 11 is 0. The highest BCUT2D eigenvalue weighted by atomic mass is 19.3. The lowest BCUT2D eigenvalue weighted by molar-refractivity contribution is -0.136. The average molecular weight is 137 g/mol. The van der Waals surface area contributed by atoms with Crippen molar-refractivity contribution in [3.05, 3.63) is 0 Å². The van der Waals surface area contributed by atoms with E-state index in [9.17, 15) is 18.0 Å². The van der Waals surface area contributed by atoms with Gasteiger partial charge < -0.3 is 0 Å². The van der Waals surface area contributed by atoms with Crippen molar-refractivity contribution in [2.75, 3.05) is 6.67 Å². The van der Waals surface area contributed by atoms with Gasteiger partial charge >= 0.3 is 5.92 Å². The molecule has 0 N–H and O–H groups in total. The summed E-state index contributed by atoms with van der Waals surface area (Å²) < 4.78 is 34.3. The molecular weight excluding hydrogens is 135 g/mol. The van der Waals surface area contributed by atoms with Crippen LogP contribution in [-0.4, -0.2) is 18.4 Å². The zero-order valence-corrected chi connectivity index (χ0v) is 4.20. The summed E-state index contributed by atoms with van der Waals surface area (Å²) in [6, 6.07) is 0.369. The largest absolute Gasteiger partial charge is 0.391 e. The van der Waals surface area contributed by atoms with Gasteiger partial charge in [-0.25, -0.2) is 4.39 Å². The molecular formula is C4H2F3NO. The van der Waals surface area contributed by atoms with Crippen LogP contribution in [0.3, 0.4) is 0 Å². The zero-order valence-electron chi connectivity index (χ0n) is 4.20. The Morgan fingerprint density at radius 1 is 1.67 bits per heavy atom. The highest BCUT2D eigenvalue weighted by molar-refractivity contribution is 5.89. The Kier molecular flexibility index (Phi) is 2.20. The number of alkyl halides is 3. The first-order chi connectivity index (χ1) is 4.04. The highest BCUT2D eigenvalue weighted by Crippen LogP contribution is 2.12. The third kappa shape index (κ3) is 1.72. The molecule has 0 aliphatic carbocycles. The second-order valence-electron chi connectivity index (χ2n) is 1.24. The van der Waals surface area contributed by atoms with E-state index >= 15 is 0 Å². The number of hydrogen-bond donors (Lipinski definition) is 0. The van der Waals surface area contributed by atoms with Crippen LogP contribution in [0, 0.1) is 11.3 Å². The van der Waals surface area contributed by atoms with Gasteiger partial charge in [-0.1, -0.05) is 0 Å². The molecule has 0 unspecified atom stereocenters. The number of ketones is 1. The Hall–Kier alpha value is -1.05. The van der Waals surface area contributed by atoms with Crippen LogP contribution in [0.2, 0.25) is 0 Å². The first-order valence-electron chi connectivity index (χ1n) is 1.93. The minimum absolute atomic E-state index is 0.369. The number of Topliss-reactive ketones (excluding diaryl/α,β-unsaturated/α-hetero) is 1. The lowest BCUT2D eigenvalue weighted by Crippen LogP contribution is -2.27. The van der Waals surface area contributed by atoms with Gasteiger partial charge in [0.05, 0.1) is 0 Å². The summed E-state index contributed by atoms with van der Waals surface area (Å²) in [5, 5.41) is 7.51. The number of carbonyl (C=O) groups is 1. The van der Waals surface area contributed by atoms with Crippen molar-refractivity contribution in [2.45, 2.75) is 5.92 Å². The second-order valence-corrected chi connectivity index (χ2v) is 1.24. The van der Waals surface area contributed by atoms with E-state index in [2.05, 4.69) is 0 Å². The highest BCUT2D eigenvalue weighted by Gasteiger charge is 2.37. The van der Waals surface area contributed by atoms with Gasteiger partial charge in [-0.3, -0.25) is 4.79 Å². The van der Waals surface area contributed by atoms with Crippen LogP contribution in [0.4, 0.5) is 13.2 Å². The van der Waals surface area contributed by atoms with Gasteiger partial charge in [0.2, 0.25) is 5.78 Å². The molecule has 0 heterocycles. The Balaban J connectivity index is 4.19. The number of hydrogen-bond acceptors (Lipinski definition) is 2. The van der Waals surface area contributed by atoms with E-state index in [0.29, 0.717) is 6.07 Å². The Bertz CT molecular complexity index is 160. The van der Waals surface area contributed by atoms with Gasteiger partial charge in [-0.2, -0.15) is 14.0 Å². The summed E-state index contributed by atoms with van der Waals surface area (Å²) in [7, 11) is 0. The SMILES string of the molecule is N#CC(F)(F)C(=O)CF. The van der Waals surface area contributed by atoms with E-state index in [1.165, 1.54) is 0 Å². The lowest BCUT2D eigenvalue weighted by atomic mass is 10.2. The van der Waals surface area contributed by atoms with Crippen LogP contribution >= 0.6 is 0 Å². The Labute approximate surface area is 48.9 Å². The fourth-order valence-corrected chi connectivity index (χ4v) is 0.146. The van der Waals surface area contributed by atoms with Crippen LogP contribution in [0.25, 0.3) is 0 Å². The molecule has 0 spiro atoms. The summed E-state index contributed by atoms with van der Waals surface area (Å²) in [4.78, 5) is 9.72. The van der Waals surface area contributed by atoms with Crippen LogP contribution in [-0.2, 0) is 4.79 Å². The third-order valence-electron chi connectivity index (χ3n) is 0.612. The number of halogens is 3. The molecule has 0 saturated heterocycles. The van der Waals surface area contributed by atoms with Crippen LogP contribution in [0.15, 0.2) is 0 Å². The molecule has 5 heteroatoms. The number of rotatable bonds is 2. The molecule has 0 aromatic heterocycles. The molecule has 50 valence electrons. The van der Waals surface area contributed by atoms with Crippen LogP contribution < -0.4 is 0 Å². The van der Waals surface area contributed by atoms with Crippen molar-refractivity contribution >= 4 is 5.78 Å². The second kappa shape index (κ2) is 2.49. The summed E-state index contributed by atoms with van der Waals surface area (Å²) in [6.07, 6.45) is 0. The van der Waals surface area contributed by atoms with Crippen molar-refractivity contribution in [3.8, 4) is 6.07 Å². The van der Waals surface area contributed by atoms with E-state index in [1.807, 2.05) is 0 Å². The zero-order chi connectivity index (χ0) is 7.49. The average Bonchev–Trinajstić information content (AvgIpc) is 1.86. The van der Waals surface area contributed by atoms with Crippen molar-refractivity contribution in [1.82, 2.24) is 0 Å². The van der Waals surface area contributed by atoms with Crippen LogP contribution in [0.1, 0.15) is 0 Å². The lowest BCUT2D eigenvalue weighted by Gasteiger charge is -1.99. The minimum atomic E-state index is -4.16. The van der Waals surface area contributed by atoms with Gasteiger partial charge in [0.25, 0.3) is 0 Å². The predicted molar refractivity (Wildman–Crippen MR) is 21.5 cm³/mol. The fraction of sp³-hybridized carbons (Fsp3) is 0.500. The molecule has 0 radical (unpaired) electrons. The van der Waals surface area contributed by atoms with E-state index in [1.54, 1.807) is 0 Å². The Morgan fingerprint density at radius 3 is 2.22 bits per heavy atom. The molecule has 0 fully saturated rings. The molecule has 9 heavy (non-hydrogen) atoms. The quantitative estimate of drug-likeness (QED) is 0.561. The number of nitrogens with zero attached hydrogens (tertiary/aromatic N) is 1. The van der Waals surface area contributed by atoms with Gasteiger partial charge in [-0.15, -0.1) is 0 Å². The maximum absolute atomic E-state index is 11.6. The molecule has 2 nitrogen and oxygen atoms in total. The molecule has 0 saturated carbocycles. The van der Waals surface area contributed by atoms with Gasteiger partial charge in [-0.05, 0) is 0 Å². The molecule has 0 bridgehead atoms. The molecule has 0 aliphatic rings. The summed E-state index contributed by atoms with van der Waals surface area (Å²) in [5.41, 5.74) is 0. The number of carbonyl (C=O) groups excluding carboxylic acids is 1. The van der Waals surface area contributed by atoms with E-state index < -0.39 is 18.4 Å². The standard InChI is InChI=1S/C4H2F3NO/c5-1-3(9)4(6,7)2-8/h1H2. The molecule has 0 aliphatic heterocycles. The number of nitriles is 1. The Morgan fingerprint density at radius 2 is 2.11 bits per heavy atom. The van der Waals surface area contributed by atoms with Crippen molar-refractivity contribution < 1.29 is 18.0 Å². The molecule has 0 atom stereocenters. The van der Waals surface area contributed by atoms with Crippen LogP contribution in [0.5, 0.6) is 0 Å². The maximum atomic E-state index is 11.6. The summed E-state index contributed by atoms with van der Waals surface area (Å²) in [6.45, 7) is -1.81. The minimum Gasteiger partial charge on any atom is -0.289 e. The van der Waals surface area contributed by atoms with Gasteiger partial charge in [0, 0.05) is 0 Å². The third-order valence-corrected chi connectivity index (χ3v) is 0.612. The first kappa shape index (κ1) is 7.95. The van der Waals surface area contributed by atoms with E-state index in [-0.39, 0.29) is 0 Å². The molecule has 0 aromatic carbocycles. The monoisotopic (exact) mass is 137 g/mol. The van der Waals surface area contributed by atoms with Crippen molar-refractivity contribution in [3.63, 3.8) is 0 Å². The fourth-order valence-electron chi connectivity index (χ4n) is 0.146. The van der Waals surface area contributed by atoms with Crippen molar-refractivity contribution in [1.29, 1.82) is 5.26 Å². The predicted octanol–water partition coefficient (Wildman–Crippen LogP) is 0.684. The first-order valence-corrected chi connectivity index (χ1v) is 1.93. The van der Waals surface area contributed by atoms with Gasteiger partial charge in [0.15, 0.2) is 6.67 Å². The maximum Gasteiger partial charge on any atom is 0.391 e. The molecule has 0 rings (SSSR count).